The summed E-state index contributed by atoms with van der Waals surface area (Å²) in [5, 5.41) is 13.9. The van der Waals surface area contributed by atoms with E-state index < -0.39 is 11.7 Å². The highest BCUT2D eigenvalue weighted by molar-refractivity contribution is 6.29. The van der Waals surface area contributed by atoms with Crippen molar-refractivity contribution in [3.8, 4) is 0 Å². The van der Waals surface area contributed by atoms with E-state index in [9.17, 15) is 18.3 Å². The first-order valence-corrected chi connectivity index (χ1v) is 7.48. The Morgan fingerprint density at radius 1 is 1.21 bits per heavy atom. The molecule has 4 nitrogen and oxygen atoms in total. The summed E-state index contributed by atoms with van der Waals surface area (Å²) in [5.41, 5.74) is 1.31. The van der Waals surface area contributed by atoms with Crippen molar-refractivity contribution in [1.29, 1.82) is 0 Å². The smallest absolute Gasteiger partial charge is 0.390 e. The number of hydrogen-bond donors (Lipinski definition) is 1. The van der Waals surface area contributed by atoms with E-state index in [4.69, 9.17) is 11.6 Å². The summed E-state index contributed by atoms with van der Waals surface area (Å²) in [7, 11) is 0. The van der Waals surface area contributed by atoms with Gasteiger partial charge in [-0.1, -0.05) is 23.7 Å². The molecule has 2 aromatic heterocycles. The molecule has 0 spiro atoms. The third kappa shape index (κ3) is 2.97. The highest BCUT2D eigenvalue weighted by atomic mass is 35.5. The number of rotatable bonds is 3. The standard InChI is InChI=1S/C16H13ClF3N3O/c1-9-10(3-2-4-11(9)16(18,19)20)7-13-12(8-24)21-15-6-5-14(17)22-23(13)15/h2-6,24H,7-8H2,1H3. The summed E-state index contributed by atoms with van der Waals surface area (Å²) in [6, 6.07) is 7.24. The molecule has 0 unspecified atom stereocenters. The van der Waals surface area contributed by atoms with Crippen molar-refractivity contribution in [2.45, 2.75) is 26.1 Å². The van der Waals surface area contributed by atoms with Gasteiger partial charge in [0.05, 0.1) is 23.6 Å². The number of aliphatic hydroxyl groups excluding tert-OH is 1. The average Bonchev–Trinajstić information content (AvgIpc) is 2.85. The molecule has 0 saturated carbocycles. The highest BCUT2D eigenvalue weighted by Gasteiger charge is 2.33. The molecule has 0 amide bonds. The van der Waals surface area contributed by atoms with Gasteiger partial charge >= 0.3 is 6.18 Å². The van der Waals surface area contributed by atoms with Gasteiger partial charge in [-0.25, -0.2) is 9.50 Å². The van der Waals surface area contributed by atoms with Crippen molar-refractivity contribution in [2.24, 2.45) is 0 Å². The van der Waals surface area contributed by atoms with Gasteiger partial charge in [-0.2, -0.15) is 18.3 Å². The fourth-order valence-corrected chi connectivity index (χ4v) is 2.81. The maximum absolute atomic E-state index is 13.1. The van der Waals surface area contributed by atoms with Gasteiger partial charge in [0.2, 0.25) is 0 Å². The molecule has 2 heterocycles. The molecule has 0 radical (unpaired) electrons. The zero-order chi connectivity index (χ0) is 17.5. The van der Waals surface area contributed by atoms with Gasteiger partial charge in [-0.3, -0.25) is 0 Å². The third-order valence-corrected chi connectivity index (χ3v) is 4.08. The first kappa shape index (κ1) is 16.7. The van der Waals surface area contributed by atoms with E-state index in [0.29, 0.717) is 22.6 Å². The van der Waals surface area contributed by atoms with Crippen LogP contribution in [0.2, 0.25) is 5.15 Å². The minimum absolute atomic E-state index is 0.144. The molecule has 0 fully saturated rings. The molecule has 3 rings (SSSR count). The number of aliphatic hydroxyl groups is 1. The molecule has 1 aromatic carbocycles. The first-order valence-electron chi connectivity index (χ1n) is 7.11. The van der Waals surface area contributed by atoms with E-state index in [2.05, 4.69) is 10.1 Å². The van der Waals surface area contributed by atoms with Crippen molar-refractivity contribution in [2.75, 3.05) is 0 Å². The largest absolute Gasteiger partial charge is 0.416 e. The summed E-state index contributed by atoms with van der Waals surface area (Å²) < 4.78 is 40.7. The van der Waals surface area contributed by atoms with Crippen LogP contribution in [-0.2, 0) is 19.2 Å². The molecule has 126 valence electrons. The lowest BCUT2D eigenvalue weighted by Gasteiger charge is -2.14. The molecule has 0 saturated heterocycles. The SMILES string of the molecule is Cc1c(Cc2c(CO)nc3ccc(Cl)nn23)cccc1C(F)(F)F. The van der Waals surface area contributed by atoms with Crippen LogP contribution in [0, 0.1) is 6.92 Å². The number of benzene rings is 1. The number of halogens is 4. The topological polar surface area (TPSA) is 50.4 Å². The number of nitrogens with zero attached hydrogens (tertiary/aromatic N) is 3. The van der Waals surface area contributed by atoms with E-state index in [1.54, 1.807) is 18.2 Å². The average molecular weight is 356 g/mol. The second-order valence-corrected chi connectivity index (χ2v) is 5.74. The molecular formula is C16H13ClF3N3O. The van der Waals surface area contributed by atoms with Crippen LogP contribution >= 0.6 is 11.6 Å². The van der Waals surface area contributed by atoms with Gasteiger partial charge in [-0.15, -0.1) is 0 Å². The Labute approximate surface area is 140 Å². The zero-order valence-electron chi connectivity index (χ0n) is 12.6. The molecule has 0 aliphatic rings. The second-order valence-electron chi connectivity index (χ2n) is 5.35. The van der Waals surface area contributed by atoms with Crippen LogP contribution in [0.1, 0.15) is 28.1 Å². The number of hydrogen-bond acceptors (Lipinski definition) is 3. The van der Waals surface area contributed by atoms with Crippen molar-refractivity contribution in [3.05, 3.63) is 63.6 Å². The van der Waals surface area contributed by atoms with Crippen LogP contribution in [0.3, 0.4) is 0 Å². The molecule has 1 N–H and O–H groups in total. The van der Waals surface area contributed by atoms with E-state index in [1.807, 2.05) is 0 Å². The normalized spacial score (nSPS) is 12.1. The quantitative estimate of drug-likeness (QED) is 0.777. The second kappa shape index (κ2) is 6.07. The van der Waals surface area contributed by atoms with Crippen LogP contribution < -0.4 is 0 Å². The Balaban J connectivity index is 2.12. The Bertz CT molecular complexity index is 905. The van der Waals surface area contributed by atoms with E-state index >= 15 is 0 Å². The van der Waals surface area contributed by atoms with Crippen molar-refractivity contribution < 1.29 is 18.3 Å². The molecule has 0 aliphatic heterocycles. The number of fused-ring (bicyclic) bond motifs is 1. The Kier molecular flexibility index (Phi) is 4.23. The molecule has 0 bridgehead atoms. The molecular weight excluding hydrogens is 343 g/mol. The van der Waals surface area contributed by atoms with Crippen molar-refractivity contribution in [3.63, 3.8) is 0 Å². The van der Waals surface area contributed by atoms with E-state index in [1.165, 1.54) is 17.5 Å². The lowest BCUT2D eigenvalue weighted by atomic mass is 9.98. The fraction of sp³-hybridized carbons (Fsp3) is 0.250. The monoisotopic (exact) mass is 355 g/mol. The lowest BCUT2D eigenvalue weighted by molar-refractivity contribution is -0.138. The minimum Gasteiger partial charge on any atom is -0.390 e. The predicted octanol–water partition coefficient (Wildman–Crippen LogP) is 3.79. The minimum atomic E-state index is -4.42. The molecule has 0 aliphatic carbocycles. The molecule has 0 atom stereocenters. The van der Waals surface area contributed by atoms with E-state index in [-0.39, 0.29) is 23.7 Å². The van der Waals surface area contributed by atoms with Crippen molar-refractivity contribution >= 4 is 17.2 Å². The Morgan fingerprint density at radius 3 is 2.62 bits per heavy atom. The summed E-state index contributed by atoms with van der Waals surface area (Å²) >= 11 is 5.89. The number of aromatic nitrogens is 3. The van der Waals surface area contributed by atoms with Gasteiger partial charge in [-0.05, 0) is 36.2 Å². The maximum Gasteiger partial charge on any atom is 0.416 e. The lowest BCUT2D eigenvalue weighted by Crippen LogP contribution is -2.10. The highest BCUT2D eigenvalue weighted by Crippen LogP contribution is 2.33. The molecule has 24 heavy (non-hydrogen) atoms. The number of alkyl halides is 3. The van der Waals surface area contributed by atoms with Crippen LogP contribution in [0.25, 0.3) is 5.65 Å². The summed E-state index contributed by atoms with van der Waals surface area (Å²) in [6.07, 6.45) is -4.26. The third-order valence-electron chi connectivity index (χ3n) is 3.88. The van der Waals surface area contributed by atoms with Gasteiger partial charge in [0.1, 0.15) is 5.15 Å². The van der Waals surface area contributed by atoms with Gasteiger partial charge in [0.25, 0.3) is 0 Å². The summed E-state index contributed by atoms with van der Waals surface area (Å²) in [4.78, 5) is 4.24. The van der Waals surface area contributed by atoms with Crippen LogP contribution in [-0.4, -0.2) is 19.7 Å². The summed E-state index contributed by atoms with van der Waals surface area (Å²) in [5.74, 6) is 0. The van der Waals surface area contributed by atoms with Crippen LogP contribution in [0.4, 0.5) is 13.2 Å². The number of imidazole rings is 1. The van der Waals surface area contributed by atoms with Crippen molar-refractivity contribution in [1.82, 2.24) is 14.6 Å². The zero-order valence-corrected chi connectivity index (χ0v) is 13.4. The maximum atomic E-state index is 13.1. The van der Waals surface area contributed by atoms with Gasteiger partial charge in [0.15, 0.2) is 5.65 Å². The molecule has 3 aromatic rings. The van der Waals surface area contributed by atoms with Crippen LogP contribution in [0.15, 0.2) is 30.3 Å². The molecule has 8 heteroatoms. The van der Waals surface area contributed by atoms with E-state index in [0.717, 1.165) is 6.07 Å². The fourth-order valence-electron chi connectivity index (χ4n) is 2.67. The van der Waals surface area contributed by atoms with Crippen LogP contribution in [0.5, 0.6) is 0 Å². The first-order chi connectivity index (χ1) is 11.3. The van der Waals surface area contributed by atoms with Gasteiger partial charge in [0, 0.05) is 6.42 Å². The summed E-state index contributed by atoms with van der Waals surface area (Å²) in [6.45, 7) is 1.09. The van der Waals surface area contributed by atoms with Gasteiger partial charge < -0.3 is 5.11 Å². The Morgan fingerprint density at radius 2 is 1.96 bits per heavy atom. The Hall–Kier alpha value is -2.12. The predicted molar refractivity (Wildman–Crippen MR) is 82.9 cm³/mol.